The molecular weight excluding hydrogens is 535 g/mol. The first-order valence-corrected chi connectivity index (χ1v) is 13.6. The molecule has 0 saturated heterocycles. The van der Waals surface area contributed by atoms with E-state index in [4.69, 9.17) is 23.2 Å². The van der Waals surface area contributed by atoms with Crippen LogP contribution in [0, 0.1) is 6.92 Å². The number of anilines is 1. The van der Waals surface area contributed by atoms with Crippen LogP contribution in [0.15, 0.2) is 66.7 Å². The SMILES string of the molecule is Cc1ccc(C(=O)Nc2ccc(-c3cc(C4CCCC4)n(C(=O)NCc4ccc(Cl)c(Cl)c4)n3)c(O)c2)cc1. The summed E-state index contributed by atoms with van der Waals surface area (Å²) in [7, 11) is 0. The second kappa shape index (κ2) is 11.5. The minimum absolute atomic E-state index is 0.0458. The molecule has 5 rings (SSSR count). The average Bonchev–Trinajstić information content (AvgIpc) is 3.60. The number of benzene rings is 3. The maximum absolute atomic E-state index is 13.2. The van der Waals surface area contributed by atoms with Crippen LogP contribution >= 0.6 is 23.2 Å². The molecule has 1 aliphatic carbocycles. The van der Waals surface area contributed by atoms with Crippen molar-refractivity contribution in [2.45, 2.75) is 45.1 Å². The monoisotopic (exact) mass is 562 g/mol. The predicted octanol–water partition coefficient (Wildman–Crippen LogP) is 7.54. The molecule has 1 fully saturated rings. The quantitative estimate of drug-likeness (QED) is 0.226. The predicted molar refractivity (Wildman–Crippen MR) is 154 cm³/mol. The molecule has 1 heterocycles. The van der Waals surface area contributed by atoms with Crippen molar-refractivity contribution in [3.8, 4) is 17.0 Å². The summed E-state index contributed by atoms with van der Waals surface area (Å²) in [6.07, 6.45) is 4.13. The molecule has 200 valence electrons. The number of phenolic OH excluding ortho intramolecular Hbond substituents is 1. The fourth-order valence-electron chi connectivity index (χ4n) is 4.84. The lowest BCUT2D eigenvalue weighted by Crippen LogP contribution is -2.30. The molecule has 1 saturated carbocycles. The fourth-order valence-corrected chi connectivity index (χ4v) is 5.16. The fraction of sp³-hybridized carbons (Fsp3) is 0.233. The Morgan fingerprint density at radius 2 is 1.72 bits per heavy atom. The van der Waals surface area contributed by atoms with Crippen LogP contribution < -0.4 is 10.6 Å². The molecule has 0 unspecified atom stereocenters. The van der Waals surface area contributed by atoms with E-state index in [-0.39, 0.29) is 30.2 Å². The lowest BCUT2D eigenvalue weighted by molar-refractivity contribution is 0.102. The van der Waals surface area contributed by atoms with E-state index in [1.54, 1.807) is 42.5 Å². The van der Waals surface area contributed by atoms with Crippen LogP contribution in [0.1, 0.15) is 58.8 Å². The lowest BCUT2D eigenvalue weighted by atomic mass is 10.0. The highest BCUT2D eigenvalue weighted by Crippen LogP contribution is 2.38. The zero-order valence-corrected chi connectivity index (χ0v) is 22.9. The highest BCUT2D eigenvalue weighted by Gasteiger charge is 2.26. The van der Waals surface area contributed by atoms with Crippen molar-refractivity contribution in [1.82, 2.24) is 15.1 Å². The number of nitrogens with zero attached hydrogens (tertiary/aromatic N) is 2. The Morgan fingerprint density at radius 3 is 2.41 bits per heavy atom. The Hall–Kier alpha value is -3.81. The van der Waals surface area contributed by atoms with Gasteiger partial charge in [-0.15, -0.1) is 0 Å². The molecule has 0 aliphatic heterocycles. The molecule has 9 heteroatoms. The number of hydrogen-bond donors (Lipinski definition) is 3. The van der Waals surface area contributed by atoms with Gasteiger partial charge >= 0.3 is 6.03 Å². The number of carbonyl (C=O) groups excluding carboxylic acids is 2. The number of aromatic nitrogens is 2. The van der Waals surface area contributed by atoms with Gasteiger partial charge in [-0.2, -0.15) is 9.78 Å². The number of hydrogen-bond acceptors (Lipinski definition) is 4. The van der Waals surface area contributed by atoms with E-state index in [2.05, 4.69) is 15.7 Å². The van der Waals surface area contributed by atoms with Crippen molar-refractivity contribution in [3.05, 3.63) is 99.2 Å². The van der Waals surface area contributed by atoms with Crippen molar-refractivity contribution in [2.75, 3.05) is 5.32 Å². The topological polar surface area (TPSA) is 96.3 Å². The van der Waals surface area contributed by atoms with Crippen LogP contribution in [0.5, 0.6) is 5.75 Å². The summed E-state index contributed by atoms with van der Waals surface area (Å²) in [5.74, 6) is -0.110. The molecule has 4 aromatic rings. The third-order valence-electron chi connectivity index (χ3n) is 6.98. The second-order valence-corrected chi connectivity index (χ2v) is 10.6. The van der Waals surface area contributed by atoms with Gasteiger partial charge in [-0.3, -0.25) is 4.79 Å². The summed E-state index contributed by atoms with van der Waals surface area (Å²) in [5.41, 5.74) is 4.62. The smallest absolute Gasteiger partial charge is 0.342 e. The molecule has 1 aromatic heterocycles. The maximum atomic E-state index is 13.2. The third-order valence-corrected chi connectivity index (χ3v) is 7.71. The number of nitrogens with one attached hydrogen (secondary N) is 2. The highest BCUT2D eigenvalue weighted by molar-refractivity contribution is 6.42. The van der Waals surface area contributed by atoms with Gasteiger partial charge in [0.15, 0.2) is 0 Å². The first-order chi connectivity index (χ1) is 18.8. The second-order valence-electron chi connectivity index (χ2n) is 9.81. The number of halogens is 2. The summed E-state index contributed by atoms with van der Waals surface area (Å²) in [5, 5.41) is 22.0. The molecule has 0 atom stereocenters. The number of aromatic hydroxyl groups is 1. The van der Waals surface area contributed by atoms with Gasteiger partial charge in [0.2, 0.25) is 0 Å². The third kappa shape index (κ3) is 6.10. The van der Waals surface area contributed by atoms with Gasteiger partial charge in [0.1, 0.15) is 5.75 Å². The number of rotatable bonds is 6. The lowest BCUT2D eigenvalue weighted by Gasteiger charge is -2.12. The molecule has 3 aromatic carbocycles. The van der Waals surface area contributed by atoms with Gasteiger partial charge in [0.05, 0.1) is 21.4 Å². The van der Waals surface area contributed by atoms with Crippen LogP contribution in [0.2, 0.25) is 10.0 Å². The minimum Gasteiger partial charge on any atom is -0.507 e. The number of amides is 2. The van der Waals surface area contributed by atoms with Crippen molar-refractivity contribution in [1.29, 1.82) is 0 Å². The van der Waals surface area contributed by atoms with Crippen LogP contribution in [-0.4, -0.2) is 26.8 Å². The van der Waals surface area contributed by atoms with E-state index in [0.29, 0.717) is 32.6 Å². The minimum atomic E-state index is -0.365. The van der Waals surface area contributed by atoms with Crippen LogP contribution in [0.25, 0.3) is 11.3 Å². The molecular formula is C30H28Cl2N4O3. The van der Waals surface area contributed by atoms with Crippen LogP contribution in [0.4, 0.5) is 10.5 Å². The Morgan fingerprint density at radius 1 is 0.974 bits per heavy atom. The van der Waals surface area contributed by atoms with Gasteiger partial charge in [-0.1, -0.05) is 59.8 Å². The van der Waals surface area contributed by atoms with E-state index in [1.165, 1.54) is 10.7 Å². The van der Waals surface area contributed by atoms with E-state index >= 15 is 0 Å². The number of phenols is 1. The highest BCUT2D eigenvalue weighted by atomic mass is 35.5. The summed E-state index contributed by atoms with van der Waals surface area (Å²) in [6.45, 7) is 2.22. The van der Waals surface area contributed by atoms with Crippen molar-refractivity contribution >= 4 is 40.8 Å². The Kier molecular flexibility index (Phi) is 7.91. The number of aryl methyl sites for hydroxylation is 1. The summed E-state index contributed by atoms with van der Waals surface area (Å²) >= 11 is 12.1. The molecule has 1 aliphatic rings. The zero-order valence-electron chi connectivity index (χ0n) is 21.4. The van der Waals surface area contributed by atoms with Crippen LogP contribution in [0.3, 0.4) is 0 Å². The molecule has 0 bridgehead atoms. The van der Waals surface area contributed by atoms with E-state index in [1.807, 2.05) is 25.1 Å². The van der Waals surface area contributed by atoms with Gasteiger partial charge in [-0.25, -0.2) is 4.79 Å². The Labute approximate surface area is 236 Å². The van der Waals surface area contributed by atoms with Gasteiger partial charge in [0, 0.05) is 35.3 Å². The first kappa shape index (κ1) is 26.8. The summed E-state index contributed by atoms with van der Waals surface area (Å²) in [6, 6.07) is 18.8. The van der Waals surface area contributed by atoms with Crippen LogP contribution in [-0.2, 0) is 6.54 Å². The Balaban J connectivity index is 1.37. The van der Waals surface area contributed by atoms with Gasteiger partial charge in [0.25, 0.3) is 5.91 Å². The first-order valence-electron chi connectivity index (χ1n) is 12.8. The zero-order chi connectivity index (χ0) is 27.5. The van der Waals surface area contributed by atoms with Crippen molar-refractivity contribution in [3.63, 3.8) is 0 Å². The molecule has 3 N–H and O–H groups in total. The molecule has 2 amide bonds. The molecule has 0 radical (unpaired) electrons. The maximum Gasteiger partial charge on any atom is 0.342 e. The van der Waals surface area contributed by atoms with E-state index in [9.17, 15) is 14.7 Å². The standard InChI is InChI=1S/C30H28Cl2N4O3/c1-18-6-9-21(10-7-18)29(38)34-22-11-12-23(28(37)15-22)26-16-27(20-4-2-3-5-20)36(35-26)30(39)33-17-19-8-13-24(31)25(32)14-19/h6-16,20,37H,2-5,17H2,1H3,(H,33,39)(H,34,38). The van der Waals surface area contributed by atoms with Crippen molar-refractivity contribution < 1.29 is 14.7 Å². The Bertz CT molecular complexity index is 1530. The van der Waals surface area contributed by atoms with Gasteiger partial charge < -0.3 is 15.7 Å². The molecule has 39 heavy (non-hydrogen) atoms. The number of carbonyl (C=O) groups is 2. The average molecular weight is 563 g/mol. The molecule has 7 nitrogen and oxygen atoms in total. The van der Waals surface area contributed by atoms with Crippen molar-refractivity contribution in [2.24, 2.45) is 0 Å². The van der Waals surface area contributed by atoms with E-state index < -0.39 is 0 Å². The van der Waals surface area contributed by atoms with E-state index in [0.717, 1.165) is 42.5 Å². The van der Waals surface area contributed by atoms with Gasteiger partial charge in [-0.05, 0) is 67.8 Å². The molecule has 0 spiro atoms. The largest absolute Gasteiger partial charge is 0.507 e. The summed E-state index contributed by atoms with van der Waals surface area (Å²) in [4.78, 5) is 25.8. The normalized spacial score (nSPS) is 13.4. The summed E-state index contributed by atoms with van der Waals surface area (Å²) < 4.78 is 1.40.